The first-order valence-corrected chi connectivity index (χ1v) is 6.67. The van der Waals surface area contributed by atoms with Gasteiger partial charge in [-0.25, -0.2) is 4.98 Å². The molecule has 0 bridgehead atoms. The maximum Gasteiger partial charge on any atom is 0.168 e. The predicted octanol–water partition coefficient (Wildman–Crippen LogP) is 2.21. The Balaban J connectivity index is 1.92. The molecule has 0 atom stereocenters. The number of hydrogen-bond donors (Lipinski definition) is 1. The summed E-state index contributed by atoms with van der Waals surface area (Å²) >= 11 is 1.59. The number of benzene rings is 1. The number of imidazole rings is 1. The topological polar surface area (TPSA) is 38.1 Å². The molecule has 0 amide bonds. The van der Waals surface area contributed by atoms with Crippen molar-refractivity contribution in [3.63, 3.8) is 0 Å². The van der Waals surface area contributed by atoms with E-state index in [1.807, 2.05) is 18.5 Å². The molecule has 1 aromatic carbocycles. The number of thioether (sulfide) groups is 1. The number of aryl methyl sites for hydroxylation is 2. The zero-order chi connectivity index (χ0) is 11.9. The standard InChI is InChI=1S/C13H16N2OS/c16-10-11-17-13-14-7-9-15(13)8-6-12-4-2-1-3-5-12/h1-5,7,9,16H,6,8,10-11H2. The lowest BCUT2D eigenvalue weighted by atomic mass is 10.1. The number of aliphatic hydroxyl groups is 1. The molecule has 2 rings (SSSR count). The van der Waals surface area contributed by atoms with Crippen molar-refractivity contribution >= 4 is 11.8 Å². The summed E-state index contributed by atoms with van der Waals surface area (Å²) in [6.07, 6.45) is 4.80. The minimum absolute atomic E-state index is 0.191. The Morgan fingerprint density at radius 3 is 2.82 bits per heavy atom. The van der Waals surface area contributed by atoms with Crippen molar-refractivity contribution in [1.29, 1.82) is 0 Å². The summed E-state index contributed by atoms with van der Waals surface area (Å²) in [5, 5.41) is 9.79. The fourth-order valence-corrected chi connectivity index (χ4v) is 2.36. The maximum absolute atomic E-state index is 8.81. The second kappa shape index (κ2) is 6.47. The molecule has 0 aliphatic carbocycles. The molecule has 1 heterocycles. The Morgan fingerprint density at radius 1 is 1.24 bits per heavy atom. The third-order valence-electron chi connectivity index (χ3n) is 2.48. The molecule has 0 fully saturated rings. The van der Waals surface area contributed by atoms with Crippen LogP contribution < -0.4 is 0 Å². The van der Waals surface area contributed by atoms with Gasteiger partial charge < -0.3 is 9.67 Å². The van der Waals surface area contributed by atoms with Crippen molar-refractivity contribution in [3.8, 4) is 0 Å². The molecule has 0 radical (unpaired) electrons. The number of hydrogen-bond acceptors (Lipinski definition) is 3. The minimum Gasteiger partial charge on any atom is -0.396 e. The second-order valence-electron chi connectivity index (χ2n) is 3.71. The van der Waals surface area contributed by atoms with Crippen molar-refractivity contribution in [2.75, 3.05) is 12.4 Å². The number of aromatic nitrogens is 2. The van der Waals surface area contributed by atoms with Crippen LogP contribution in [-0.2, 0) is 13.0 Å². The van der Waals surface area contributed by atoms with Crippen LogP contribution in [0.3, 0.4) is 0 Å². The van der Waals surface area contributed by atoms with Crippen LogP contribution in [0.25, 0.3) is 0 Å². The van der Waals surface area contributed by atoms with Gasteiger partial charge in [0, 0.05) is 24.7 Å². The highest BCUT2D eigenvalue weighted by Gasteiger charge is 2.02. The lowest BCUT2D eigenvalue weighted by Gasteiger charge is -2.06. The molecular weight excluding hydrogens is 232 g/mol. The van der Waals surface area contributed by atoms with Crippen LogP contribution in [0.5, 0.6) is 0 Å². The summed E-state index contributed by atoms with van der Waals surface area (Å²) in [7, 11) is 0. The lowest BCUT2D eigenvalue weighted by Crippen LogP contribution is -2.02. The highest BCUT2D eigenvalue weighted by Crippen LogP contribution is 2.15. The van der Waals surface area contributed by atoms with E-state index >= 15 is 0 Å². The maximum atomic E-state index is 8.81. The highest BCUT2D eigenvalue weighted by molar-refractivity contribution is 7.99. The van der Waals surface area contributed by atoms with E-state index in [9.17, 15) is 0 Å². The van der Waals surface area contributed by atoms with E-state index in [0.717, 1.165) is 18.1 Å². The number of aliphatic hydroxyl groups excluding tert-OH is 1. The van der Waals surface area contributed by atoms with Crippen LogP contribution in [0.2, 0.25) is 0 Å². The van der Waals surface area contributed by atoms with Crippen LogP contribution in [0.15, 0.2) is 47.9 Å². The third-order valence-corrected chi connectivity index (χ3v) is 3.47. The van der Waals surface area contributed by atoms with Crippen molar-refractivity contribution in [1.82, 2.24) is 9.55 Å². The Morgan fingerprint density at radius 2 is 2.06 bits per heavy atom. The lowest BCUT2D eigenvalue weighted by molar-refractivity contribution is 0.322. The zero-order valence-electron chi connectivity index (χ0n) is 9.62. The van der Waals surface area contributed by atoms with Crippen LogP contribution in [0, 0.1) is 0 Å². The average Bonchev–Trinajstić information content (AvgIpc) is 2.82. The van der Waals surface area contributed by atoms with Gasteiger partial charge in [0.15, 0.2) is 5.16 Å². The van der Waals surface area contributed by atoms with Crippen LogP contribution >= 0.6 is 11.8 Å². The fraction of sp³-hybridized carbons (Fsp3) is 0.308. The van der Waals surface area contributed by atoms with E-state index in [4.69, 9.17) is 5.11 Å². The Kier molecular flexibility index (Phi) is 4.64. The molecule has 1 N–H and O–H groups in total. The molecule has 0 spiro atoms. The van der Waals surface area contributed by atoms with Gasteiger partial charge in [-0.2, -0.15) is 0 Å². The molecule has 90 valence electrons. The SMILES string of the molecule is OCCSc1nccn1CCc1ccccc1. The predicted molar refractivity (Wildman–Crippen MR) is 70.2 cm³/mol. The summed E-state index contributed by atoms with van der Waals surface area (Å²) in [6, 6.07) is 10.4. The monoisotopic (exact) mass is 248 g/mol. The van der Waals surface area contributed by atoms with Crippen LogP contribution in [-0.4, -0.2) is 27.0 Å². The van der Waals surface area contributed by atoms with Crippen molar-refractivity contribution in [2.24, 2.45) is 0 Å². The summed E-state index contributed by atoms with van der Waals surface area (Å²) in [4.78, 5) is 4.28. The van der Waals surface area contributed by atoms with Gasteiger partial charge >= 0.3 is 0 Å². The van der Waals surface area contributed by atoms with E-state index in [-0.39, 0.29) is 6.61 Å². The molecule has 0 saturated carbocycles. The van der Waals surface area contributed by atoms with Gasteiger partial charge in [0.2, 0.25) is 0 Å². The largest absolute Gasteiger partial charge is 0.396 e. The van der Waals surface area contributed by atoms with Crippen molar-refractivity contribution in [3.05, 3.63) is 48.3 Å². The Hall–Kier alpha value is -1.26. The fourth-order valence-electron chi connectivity index (χ4n) is 1.64. The molecule has 17 heavy (non-hydrogen) atoms. The Bertz CT molecular complexity index is 442. The van der Waals surface area contributed by atoms with Gasteiger partial charge in [0.05, 0.1) is 6.61 Å². The molecule has 0 aliphatic heterocycles. The van der Waals surface area contributed by atoms with Crippen molar-refractivity contribution in [2.45, 2.75) is 18.1 Å². The quantitative estimate of drug-likeness (QED) is 0.797. The molecule has 0 aliphatic rings. The summed E-state index contributed by atoms with van der Waals surface area (Å²) < 4.78 is 2.13. The second-order valence-corrected chi connectivity index (χ2v) is 4.77. The third kappa shape index (κ3) is 3.61. The number of nitrogens with zero attached hydrogens (tertiary/aromatic N) is 2. The van der Waals surface area contributed by atoms with Gasteiger partial charge in [-0.1, -0.05) is 42.1 Å². The molecule has 0 unspecified atom stereocenters. The first-order valence-electron chi connectivity index (χ1n) is 5.69. The van der Waals surface area contributed by atoms with Gasteiger partial charge in [-0.15, -0.1) is 0 Å². The van der Waals surface area contributed by atoms with E-state index in [1.165, 1.54) is 5.56 Å². The van der Waals surface area contributed by atoms with E-state index in [1.54, 1.807) is 11.8 Å². The van der Waals surface area contributed by atoms with Gasteiger partial charge in [-0.05, 0) is 12.0 Å². The van der Waals surface area contributed by atoms with Gasteiger partial charge in [0.25, 0.3) is 0 Å². The average molecular weight is 248 g/mol. The molecular formula is C13H16N2OS. The van der Waals surface area contributed by atoms with Gasteiger partial charge in [-0.3, -0.25) is 0 Å². The summed E-state index contributed by atoms with van der Waals surface area (Å²) in [5.74, 6) is 0.697. The van der Waals surface area contributed by atoms with E-state index in [0.29, 0.717) is 5.75 Å². The molecule has 4 heteroatoms. The van der Waals surface area contributed by atoms with Crippen LogP contribution in [0.1, 0.15) is 5.56 Å². The minimum atomic E-state index is 0.191. The van der Waals surface area contributed by atoms with Crippen LogP contribution in [0.4, 0.5) is 0 Å². The highest BCUT2D eigenvalue weighted by atomic mass is 32.2. The normalized spacial score (nSPS) is 10.6. The van der Waals surface area contributed by atoms with Gasteiger partial charge in [0.1, 0.15) is 0 Å². The zero-order valence-corrected chi connectivity index (χ0v) is 10.4. The van der Waals surface area contributed by atoms with Crippen molar-refractivity contribution < 1.29 is 5.11 Å². The molecule has 1 aromatic heterocycles. The smallest absolute Gasteiger partial charge is 0.168 e. The Labute approximate surface area is 106 Å². The molecule has 0 saturated heterocycles. The molecule has 2 aromatic rings. The summed E-state index contributed by atoms with van der Waals surface area (Å²) in [5.41, 5.74) is 1.33. The first kappa shape index (κ1) is 12.2. The number of rotatable bonds is 6. The van der Waals surface area contributed by atoms with E-state index < -0.39 is 0 Å². The molecule has 3 nitrogen and oxygen atoms in total. The summed E-state index contributed by atoms with van der Waals surface area (Å²) in [6.45, 7) is 1.12. The van der Waals surface area contributed by atoms with E-state index in [2.05, 4.69) is 33.8 Å². The first-order chi connectivity index (χ1) is 8.40.